The normalized spacial score (nSPS) is 18.2. The van der Waals surface area contributed by atoms with Crippen molar-refractivity contribution < 1.29 is 13.9 Å². The Kier molecular flexibility index (Phi) is 5.33. The molecule has 1 fully saturated rings. The number of rotatable bonds is 4. The van der Waals surface area contributed by atoms with Gasteiger partial charge in [-0.1, -0.05) is 29.8 Å². The quantitative estimate of drug-likeness (QED) is 0.853. The van der Waals surface area contributed by atoms with Gasteiger partial charge in [0.2, 0.25) is 0 Å². The van der Waals surface area contributed by atoms with Crippen LogP contribution < -0.4 is 10.6 Å². The van der Waals surface area contributed by atoms with Gasteiger partial charge in [-0.05, 0) is 48.7 Å². The minimum atomic E-state index is -0.359. The Morgan fingerprint density at radius 1 is 1.25 bits per heavy atom. The van der Waals surface area contributed by atoms with Gasteiger partial charge in [0.1, 0.15) is 5.82 Å². The number of ether oxygens (including phenoxy) is 1. The maximum Gasteiger partial charge on any atom is 0.319 e. The molecule has 1 aliphatic heterocycles. The van der Waals surface area contributed by atoms with Crippen LogP contribution in [-0.4, -0.2) is 18.7 Å². The van der Waals surface area contributed by atoms with Crippen molar-refractivity contribution in [2.75, 3.05) is 11.9 Å². The van der Waals surface area contributed by atoms with Crippen molar-refractivity contribution in [1.82, 2.24) is 5.32 Å². The van der Waals surface area contributed by atoms with E-state index in [1.54, 1.807) is 36.4 Å². The maximum atomic E-state index is 13.2. The molecule has 2 aromatic carbocycles. The molecule has 0 saturated carbocycles. The second-order valence-electron chi connectivity index (χ2n) is 5.69. The molecule has 0 aromatic heterocycles. The Labute approximate surface area is 145 Å². The molecule has 0 spiro atoms. The van der Waals surface area contributed by atoms with Crippen molar-refractivity contribution >= 4 is 23.3 Å². The molecular weight excluding hydrogens is 331 g/mol. The molecule has 1 aliphatic rings. The molecule has 0 radical (unpaired) electrons. The van der Waals surface area contributed by atoms with E-state index < -0.39 is 0 Å². The van der Waals surface area contributed by atoms with Crippen molar-refractivity contribution in [1.29, 1.82) is 0 Å². The Hall–Kier alpha value is -2.11. The van der Waals surface area contributed by atoms with E-state index in [2.05, 4.69) is 10.6 Å². The van der Waals surface area contributed by atoms with Crippen LogP contribution in [0.1, 0.15) is 24.4 Å². The van der Waals surface area contributed by atoms with E-state index in [4.69, 9.17) is 16.3 Å². The Balaban J connectivity index is 1.73. The molecule has 3 rings (SSSR count). The van der Waals surface area contributed by atoms with Crippen LogP contribution in [-0.2, 0) is 4.74 Å². The van der Waals surface area contributed by atoms with E-state index in [1.165, 1.54) is 12.1 Å². The summed E-state index contributed by atoms with van der Waals surface area (Å²) in [4.78, 5) is 12.3. The fourth-order valence-electron chi connectivity index (χ4n) is 2.80. The van der Waals surface area contributed by atoms with Crippen molar-refractivity contribution in [3.05, 3.63) is 64.9 Å². The fourth-order valence-corrected chi connectivity index (χ4v) is 2.99. The summed E-state index contributed by atoms with van der Waals surface area (Å²) < 4.78 is 18.9. The van der Waals surface area contributed by atoms with Crippen LogP contribution in [0.15, 0.2) is 48.5 Å². The Morgan fingerprint density at radius 3 is 2.71 bits per heavy atom. The topological polar surface area (TPSA) is 50.4 Å². The van der Waals surface area contributed by atoms with Crippen LogP contribution in [0, 0.1) is 5.82 Å². The monoisotopic (exact) mass is 348 g/mol. The van der Waals surface area contributed by atoms with Crippen molar-refractivity contribution in [3.8, 4) is 0 Å². The first kappa shape index (κ1) is 16.7. The molecule has 2 atom stereocenters. The summed E-state index contributed by atoms with van der Waals surface area (Å²) >= 11 is 5.92. The van der Waals surface area contributed by atoms with E-state index in [0.717, 1.165) is 18.4 Å². The van der Waals surface area contributed by atoms with Gasteiger partial charge < -0.3 is 15.4 Å². The highest BCUT2D eigenvalue weighted by Gasteiger charge is 2.28. The second kappa shape index (κ2) is 7.64. The Morgan fingerprint density at radius 2 is 2.04 bits per heavy atom. The molecule has 2 amide bonds. The van der Waals surface area contributed by atoms with Gasteiger partial charge in [-0.3, -0.25) is 0 Å². The molecule has 0 aliphatic carbocycles. The zero-order valence-corrected chi connectivity index (χ0v) is 13.7. The van der Waals surface area contributed by atoms with Crippen molar-refractivity contribution in [2.24, 2.45) is 0 Å². The number of hydrogen-bond acceptors (Lipinski definition) is 2. The Bertz CT molecular complexity index is 702. The molecule has 6 heteroatoms. The molecule has 4 nitrogen and oxygen atoms in total. The van der Waals surface area contributed by atoms with Crippen LogP contribution in [0.25, 0.3) is 0 Å². The summed E-state index contributed by atoms with van der Waals surface area (Å²) in [6, 6.07) is 12.3. The summed E-state index contributed by atoms with van der Waals surface area (Å²) in [6.07, 6.45) is 1.67. The minimum Gasteiger partial charge on any atom is -0.376 e. The zero-order chi connectivity index (χ0) is 16.9. The number of hydrogen-bond donors (Lipinski definition) is 2. The first-order chi connectivity index (χ1) is 11.6. The molecule has 2 N–H and O–H groups in total. The van der Waals surface area contributed by atoms with Gasteiger partial charge in [0.15, 0.2) is 0 Å². The average Bonchev–Trinajstić information content (AvgIpc) is 3.08. The summed E-state index contributed by atoms with van der Waals surface area (Å²) in [5.74, 6) is -0.312. The van der Waals surface area contributed by atoms with Gasteiger partial charge in [0.25, 0.3) is 0 Å². The predicted molar refractivity (Wildman–Crippen MR) is 91.7 cm³/mol. The number of amides is 2. The van der Waals surface area contributed by atoms with Crippen LogP contribution in [0.2, 0.25) is 5.02 Å². The average molecular weight is 349 g/mol. The fraction of sp³-hybridized carbons (Fsp3) is 0.278. The number of carbonyl (C=O) groups excluding carboxylic acids is 1. The number of nitrogens with one attached hydrogen (secondary N) is 2. The van der Waals surface area contributed by atoms with Crippen LogP contribution in [0.5, 0.6) is 0 Å². The van der Waals surface area contributed by atoms with E-state index in [0.29, 0.717) is 17.3 Å². The lowest BCUT2D eigenvalue weighted by Crippen LogP contribution is -2.38. The molecule has 0 bridgehead atoms. The first-order valence-electron chi connectivity index (χ1n) is 7.82. The largest absolute Gasteiger partial charge is 0.376 e. The van der Waals surface area contributed by atoms with Gasteiger partial charge >= 0.3 is 6.03 Å². The lowest BCUT2D eigenvalue weighted by Gasteiger charge is -2.25. The van der Waals surface area contributed by atoms with E-state index >= 15 is 0 Å². The summed E-state index contributed by atoms with van der Waals surface area (Å²) in [6.45, 7) is 0.667. The number of carbonyl (C=O) groups is 1. The molecule has 126 valence electrons. The molecule has 2 unspecified atom stereocenters. The first-order valence-corrected chi connectivity index (χ1v) is 8.20. The number of benzene rings is 2. The van der Waals surface area contributed by atoms with Gasteiger partial charge in [0, 0.05) is 17.3 Å². The maximum absolute atomic E-state index is 13.2. The molecule has 24 heavy (non-hydrogen) atoms. The van der Waals surface area contributed by atoms with Gasteiger partial charge in [-0.15, -0.1) is 0 Å². The summed E-state index contributed by atoms with van der Waals surface area (Å²) in [5.41, 5.74) is 1.41. The molecule has 1 saturated heterocycles. The van der Waals surface area contributed by atoms with Crippen molar-refractivity contribution in [2.45, 2.75) is 25.0 Å². The van der Waals surface area contributed by atoms with E-state index in [1.807, 2.05) is 0 Å². The molecule has 1 heterocycles. The predicted octanol–water partition coefficient (Wildman–Crippen LogP) is 4.52. The molecule has 2 aromatic rings. The third-order valence-corrected chi connectivity index (χ3v) is 4.17. The SMILES string of the molecule is O=C(Nc1cccc(Cl)c1)NC(c1ccc(F)cc1)C1CCCO1. The molecular formula is C18H18ClFN2O2. The van der Waals surface area contributed by atoms with E-state index in [9.17, 15) is 9.18 Å². The second-order valence-corrected chi connectivity index (χ2v) is 6.13. The third-order valence-electron chi connectivity index (χ3n) is 3.93. The van der Waals surface area contributed by atoms with Gasteiger partial charge in [-0.2, -0.15) is 0 Å². The third kappa shape index (κ3) is 4.24. The number of anilines is 1. The van der Waals surface area contributed by atoms with Crippen LogP contribution in [0.3, 0.4) is 0 Å². The lowest BCUT2D eigenvalue weighted by molar-refractivity contribution is 0.0815. The van der Waals surface area contributed by atoms with Crippen LogP contribution >= 0.6 is 11.6 Å². The lowest BCUT2D eigenvalue weighted by atomic mass is 9.99. The number of halogens is 2. The van der Waals surface area contributed by atoms with Gasteiger partial charge in [-0.25, -0.2) is 9.18 Å². The highest BCUT2D eigenvalue weighted by Crippen LogP contribution is 2.27. The standard InChI is InChI=1S/C18H18ClFN2O2/c19-13-3-1-4-15(11-13)21-18(23)22-17(16-5-2-10-24-16)12-6-8-14(20)9-7-12/h1,3-4,6-9,11,16-17H,2,5,10H2,(H2,21,22,23). The van der Waals surface area contributed by atoms with Gasteiger partial charge in [0.05, 0.1) is 12.1 Å². The highest BCUT2D eigenvalue weighted by molar-refractivity contribution is 6.30. The van der Waals surface area contributed by atoms with E-state index in [-0.39, 0.29) is 24.0 Å². The minimum absolute atomic E-state index is 0.124. The highest BCUT2D eigenvalue weighted by atomic mass is 35.5. The van der Waals surface area contributed by atoms with Crippen molar-refractivity contribution in [3.63, 3.8) is 0 Å². The summed E-state index contributed by atoms with van der Waals surface area (Å²) in [5, 5.41) is 6.22. The number of urea groups is 1. The van der Waals surface area contributed by atoms with Crippen LogP contribution in [0.4, 0.5) is 14.9 Å². The summed E-state index contributed by atoms with van der Waals surface area (Å²) in [7, 11) is 0. The smallest absolute Gasteiger partial charge is 0.319 e. The zero-order valence-electron chi connectivity index (χ0n) is 13.0.